The zero-order valence-electron chi connectivity index (χ0n) is 15.1. The van der Waals surface area contributed by atoms with Gasteiger partial charge in [0.15, 0.2) is 5.11 Å². The zero-order chi connectivity index (χ0) is 19.6. The van der Waals surface area contributed by atoms with Gasteiger partial charge in [0.05, 0.1) is 23.5 Å². The summed E-state index contributed by atoms with van der Waals surface area (Å²) in [5.41, 5.74) is 2.47. The first-order chi connectivity index (χ1) is 12.9. The van der Waals surface area contributed by atoms with Crippen molar-refractivity contribution in [3.63, 3.8) is 0 Å². The van der Waals surface area contributed by atoms with Crippen LogP contribution in [0.4, 0.5) is 11.4 Å². The number of thiocarbonyl (C=S) groups is 1. The van der Waals surface area contributed by atoms with Gasteiger partial charge < -0.3 is 15.4 Å². The van der Waals surface area contributed by atoms with Crippen LogP contribution in [-0.2, 0) is 7.05 Å². The van der Waals surface area contributed by atoms with Crippen molar-refractivity contribution < 1.29 is 4.74 Å². The van der Waals surface area contributed by atoms with E-state index in [0.29, 0.717) is 27.3 Å². The number of halogens is 1. The molecular weight excluding hydrogens is 384 g/mol. The summed E-state index contributed by atoms with van der Waals surface area (Å²) in [4.78, 5) is 12.9. The van der Waals surface area contributed by atoms with Gasteiger partial charge in [0, 0.05) is 12.7 Å². The number of anilines is 2. The van der Waals surface area contributed by atoms with Gasteiger partial charge in [0.2, 0.25) is 0 Å². The van der Waals surface area contributed by atoms with E-state index in [1.807, 2.05) is 44.3 Å². The summed E-state index contributed by atoms with van der Waals surface area (Å²) in [5, 5.41) is 6.79. The van der Waals surface area contributed by atoms with Gasteiger partial charge in [0.25, 0.3) is 5.56 Å². The van der Waals surface area contributed by atoms with Crippen molar-refractivity contribution in [2.24, 2.45) is 7.05 Å². The number of para-hydroxylation sites is 1. The molecular formula is C19H19ClN4O2S. The minimum atomic E-state index is -0.182. The fraction of sp³-hybridized carbons (Fsp3) is 0.158. The Hall–Kier alpha value is -2.77. The van der Waals surface area contributed by atoms with Crippen molar-refractivity contribution in [2.75, 3.05) is 17.7 Å². The predicted molar refractivity (Wildman–Crippen MR) is 114 cm³/mol. The van der Waals surface area contributed by atoms with Crippen LogP contribution in [0.3, 0.4) is 0 Å². The van der Waals surface area contributed by atoms with E-state index in [1.54, 1.807) is 34.7 Å². The maximum Gasteiger partial charge on any atom is 0.295 e. The van der Waals surface area contributed by atoms with Gasteiger partial charge in [-0.1, -0.05) is 29.8 Å². The first-order valence-electron chi connectivity index (χ1n) is 8.18. The smallest absolute Gasteiger partial charge is 0.295 e. The highest BCUT2D eigenvalue weighted by atomic mass is 35.5. The van der Waals surface area contributed by atoms with E-state index in [9.17, 15) is 4.79 Å². The molecule has 0 saturated carbocycles. The summed E-state index contributed by atoms with van der Waals surface area (Å²) in [6.45, 7) is 1.86. The molecule has 0 atom stereocenters. The van der Waals surface area contributed by atoms with Crippen molar-refractivity contribution in [2.45, 2.75) is 6.92 Å². The van der Waals surface area contributed by atoms with Gasteiger partial charge in [-0.15, -0.1) is 0 Å². The average molecular weight is 403 g/mol. The number of benzene rings is 2. The normalized spacial score (nSPS) is 10.5. The highest BCUT2D eigenvalue weighted by Gasteiger charge is 2.17. The Morgan fingerprint density at radius 3 is 2.48 bits per heavy atom. The van der Waals surface area contributed by atoms with Gasteiger partial charge in [-0.25, -0.2) is 4.68 Å². The summed E-state index contributed by atoms with van der Waals surface area (Å²) in [5.74, 6) is 0.575. The molecule has 0 bridgehead atoms. The lowest BCUT2D eigenvalue weighted by molar-refractivity contribution is 0.415. The molecule has 0 aliphatic carbocycles. The molecule has 3 aromatic rings. The van der Waals surface area contributed by atoms with Crippen LogP contribution in [0.2, 0.25) is 5.02 Å². The van der Waals surface area contributed by atoms with Crippen LogP contribution in [0.15, 0.2) is 53.3 Å². The molecule has 0 fully saturated rings. The van der Waals surface area contributed by atoms with E-state index >= 15 is 0 Å². The van der Waals surface area contributed by atoms with Gasteiger partial charge in [-0.05, 0) is 49.5 Å². The van der Waals surface area contributed by atoms with Crippen molar-refractivity contribution >= 4 is 40.3 Å². The lowest BCUT2D eigenvalue weighted by atomic mass is 10.3. The third-order valence-corrected chi connectivity index (χ3v) is 4.70. The molecule has 1 aromatic heterocycles. The Morgan fingerprint density at radius 2 is 1.85 bits per heavy atom. The van der Waals surface area contributed by atoms with Crippen molar-refractivity contribution in [3.8, 4) is 11.4 Å². The maximum absolute atomic E-state index is 12.9. The monoisotopic (exact) mass is 402 g/mol. The van der Waals surface area contributed by atoms with Gasteiger partial charge in [0.1, 0.15) is 11.4 Å². The van der Waals surface area contributed by atoms with Gasteiger partial charge in [-0.3, -0.25) is 9.48 Å². The van der Waals surface area contributed by atoms with Crippen LogP contribution in [0.1, 0.15) is 5.69 Å². The number of ether oxygens (including phenoxy) is 1. The Labute approximate surface area is 167 Å². The summed E-state index contributed by atoms with van der Waals surface area (Å²) >= 11 is 11.5. The van der Waals surface area contributed by atoms with Crippen LogP contribution < -0.4 is 20.9 Å². The molecule has 27 heavy (non-hydrogen) atoms. The van der Waals surface area contributed by atoms with Crippen LogP contribution in [0.5, 0.6) is 5.75 Å². The van der Waals surface area contributed by atoms with Crippen molar-refractivity contribution in [1.29, 1.82) is 0 Å². The fourth-order valence-corrected chi connectivity index (χ4v) is 3.21. The molecule has 2 N–H and O–H groups in total. The molecule has 0 spiro atoms. The number of methoxy groups -OCH3 is 1. The molecule has 140 valence electrons. The van der Waals surface area contributed by atoms with Crippen LogP contribution in [-0.4, -0.2) is 21.6 Å². The molecule has 3 rings (SSSR count). The van der Waals surface area contributed by atoms with Crippen LogP contribution in [0, 0.1) is 6.92 Å². The van der Waals surface area contributed by atoms with Crippen molar-refractivity contribution in [3.05, 3.63) is 69.6 Å². The van der Waals surface area contributed by atoms with E-state index in [-0.39, 0.29) is 5.56 Å². The minimum absolute atomic E-state index is 0.182. The molecule has 6 nitrogen and oxygen atoms in total. The highest BCUT2D eigenvalue weighted by Crippen LogP contribution is 2.27. The lowest BCUT2D eigenvalue weighted by Gasteiger charge is -2.11. The standard InChI is InChI=1S/C19H19ClN4O2S/c1-12-17(18(25)24(23(12)2)14-7-5-4-6-8-14)22-19(27)21-13-9-10-16(26-3)15(20)11-13/h4-11H,1-3H3,(H2,21,22,27). The molecule has 2 aromatic carbocycles. The summed E-state index contributed by atoms with van der Waals surface area (Å²) in [7, 11) is 3.38. The molecule has 8 heteroatoms. The number of hydrogen-bond acceptors (Lipinski definition) is 3. The summed E-state index contributed by atoms with van der Waals surface area (Å²) in [6.07, 6.45) is 0. The number of nitrogens with one attached hydrogen (secondary N) is 2. The van der Waals surface area contributed by atoms with Crippen molar-refractivity contribution in [1.82, 2.24) is 9.36 Å². The third kappa shape index (κ3) is 3.84. The second-order valence-electron chi connectivity index (χ2n) is 5.86. The van der Waals surface area contributed by atoms with E-state index in [2.05, 4.69) is 10.6 Å². The van der Waals surface area contributed by atoms with Crippen LogP contribution in [0.25, 0.3) is 5.69 Å². The Balaban J connectivity index is 1.85. The van der Waals surface area contributed by atoms with E-state index in [4.69, 9.17) is 28.6 Å². The molecule has 0 unspecified atom stereocenters. The Morgan fingerprint density at radius 1 is 1.15 bits per heavy atom. The molecule has 0 amide bonds. The second kappa shape index (κ2) is 7.85. The molecule has 1 heterocycles. The number of aromatic nitrogens is 2. The second-order valence-corrected chi connectivity index (χ2v) is 6.68. The largest absolute Gasteiger partial charge is 0.495 e. The first-order valence-corrected chi connectivity index (χ1v) is 8.96. The molecule has 0 saturated heterocycles. The number of rotatable bonds is 4. The summed E-state index contributed by atoms with van der Waals surface area (Å²) in [6, 6.07) is 14.7. The molecule has 0 radical (unpaired) electrons. The van der Waals surface area contributed by atoms with E-state index < -0.39 is 0 Å². The lowest BCUT2D eigenvalue weighted by Crippen LogP contribution is -2.25. The fourth-order valence-electron chi connectivity index (χ4n) is 2.73. The highest BCUT2D eigenvalue weighted by molar-refractivity contribution is 7.80. The molecule has 0 aliphatic heterocycles. The minimum Gasteiger partial charge on any atom is -0.495 e. The zero-order valence-corrected chi connectivity index (χ0v) is 16.7. The maximum atomic E-state index is 12.9. The molecule has 0 aliphatic rings. The third-order valence-electron chi connectivity index (χ3n) is 4.20. The SMILES string of the molecule is COc1ccc(NC(=S)Nc2c(C)n(C)n(-c3ccccc3)c2=O)cc1Cl. The van der Waals surface area contributed by atoms with Crippen LogP contribution >= 0.6 is 23.8 Å². The Kier molecular flexibility index (Phi) is 5.53. The quantitative estimate of drug-likeness (QED) is 0.647. The summed E-state index contributed by atoms with van der Waals surface area (Å²) < 4.78 is 8.51. The average Bonchev–Trinajstić information content (AvgIpc) is 2.86. The van der Waals surface area contributed by atoms with Gasteiger partial charge in [-0.2, -0.15) is 0 Å². The number of nitrogens with zero attached hydrogens (tertiary/aromatic N) is 2. The number of hydrogen-bond donors (Lipinski definition) is 2. The first kappa shape index (κ1) is 19.0. The topological polar surface area (TPSA) is 60.2 Å². The Bertz CT molecular complexity index is 1040. The van der Waals surface area contributed by atoms with E-state index in [1.165, 1.54) is 0 Å². The predicted octanol–water partition coefficient (Wildman–Crippen LogP) is 3.96. The van der Waals surface area contributed by atoms with E-state index in [0.717, 1.165) is 11.4 Å². The van der Waals surface area contributed by atoms with Gasteiger partial charge >= 0.3 is 0 Å².